The molecule has 5 nitrogen and oxygen atoms in total. The zero-order valence-corrected chi connectivity index (χ0v) is 19.5. The summed E-state index contributed by atoms with van der Waals surface area (Å²) in [5.74, 6) is 0.402. The fourth-order valence-electron chi connectivity index (χ4n) is 2.79. The molecule has 148 valence electrons. The second-order valence-corrected chi connectivity index (χ2v) is 8.55. The number of nitrogens with zero attached hydrogens (tertiary/aromatic N) is 3. The Morgan fingerprint density at radius 2 is 1.50 bits per heavy atom. The summed E-state index contributed by atoms with van der Waals surface area (Å²) in [4.78, 5) is 13.6. The van der Waals surface area contributed by atoms with E-state index in [9.17, 15) is 0 Å². The lowest BCUT2D eigenvalue weighted by atomic mass is 10.1. The molecular formula is C22H15Br2N5S. The maximum Gasteiger partial charge on any atom is 0.230 e. The number of halogens is 2. The van der Waals surface area contributed by atoms with E-state index >= 15 is 0 Å². The molecule has 0 radical (unpaired) electrons. The van der Waals surface area contributed by atoms with Crippen molar-refractivity contribution in [2.24, 2.45) is 0 Å². The van der Waals surface area contributed by atoms with E-state index in [2.05, 4.69) is 57.4 Å². The van der Waals surface area contributed by atoms with E-state index in [1.54, 1.807) is 12.4 Å². The number of anilines is 2. The van der Waals surface area contributed by atoms with Gasteiger partial charge in [-0.05, 0) is 58.5 Å². The SMILES string of the molecule is S=C(Nc1cccc(Br)c1)Nc1nc(-c2ccccc2)cc(-c2cncc(Br)c2)n1. The van der Waals surface area contributed by atoms with Crippen LogP contribution in [0, 0.1) is 0 Å². The van der Waals surface area contributed by atoms with E-state index in [1.807, 2.05) is 66.7 Å². The monoisotopic (exact) mass is 539 g/mol. The zero-order valence-electron chi connectivity index (χ0n) is 15.5. The molecule has 0 bridgehead atoms. The summed E-state index contributed by atoms with van der Waals surface area (Å²) in [6.45, 7) is 0. The van der Waals surface area contributed by atoms with Crippen LogP contribution in [0.2, 0.25) is 0 Å². The molecule has 0 amide bonds. The molecule has 2 aromatic carbocycles. The fourth-order valence-corrected chi connectivity index (χ4v) is 3.76. The van der Waals surface area contributed by atoms with Gasteiger partial charge in [-0.3, -0.25) is 4.98 Å². The highest BCUT2D eigenvalue weighted by molar-refractivity contribution is 9.10. The first-order chi connectivity index (χ1) is 14.6. The molecule has 30 heavy (non-hydrogen) atoms. The van der Waals surface area contributed by atoms with Gasteiger partial charge in [0.25, 0.3) is 0 Å². The van der Waals surface area contributed by atoms with Crippen LogP contribution < -0.4 is 10.6 Å². The van der Waals surface area contributed by atoms with Gasteiger partial charge in [0.15, 0.2) is 5.11 Å². The minimum Gasteiger partial charge on any atom is -0.332 e. The molecule has 0 saturated heterocycles. The van der Waals surface area contributed by atoms with Crippen molar-refractivity contribution < 1.29 is 0 Å². The third kappa shape index (κ3) is 5.27. The van der Waals surface area contributed by atoms with Gasteiger partial charge in [-0.2, -0.15) is 0 Å². The van der Waals surface area contributed by atoms with E-state index in [4.69, 9.17) is 12.2 Å². The van der Waals surface area contributed by atoms with Gasteiger partial charge in [0, 0.05) is 38.2 Å². The van der Waals surface area contributed by atoms with E-state index in [0.29, 0.717) is 11.1 Å². The lowest BCUT2D eigenvalue weighted by Gasteiger charge is -2.12. The third-order valence-corrected chi connectivity index (χ3v) is 5.24. The van der Waals surface area contributed by atoms with Gasteiger partial charge in [-0.1, -0.05) is 52.3 Å². The molecule has 2 aromatic heterocycles. The van der Waals surface area contributed by atoms with Crippen LogP contribution in [0.25, 0.3) is 22.5 Å². The minimum absolute atomic E-state index is 0.400. The molecule has 2 N–H and O–H groups in total. The number of nitrogens with one attached hydrogen (secondary N) is 2. The van der Waals surface area contributed by atoms with Crippen LogP contribution in [0.5, 0.6) is 0 Å². The van der Waals surface area contributed by atoms with Crippen LogP contribution in [-0.4, -0.2) is 20.1 Å². The molecule has 0 aliphatic rings. The molecule has 4 rings (SSSR count). The van der Waals surface area contributed by atoms with Crippen LogP contribution in [0.1, 0.15) is 0 Å². The maximum absolute atomic E-state index is 5.46. The Labute approximate surface area is 196 Å². The summed E-state index contributed by atoms with van der Waals surface area (Å²) in [6.07, 6.45) is 3.50. The summed E-state index contributed by atoms with van der Waals surface area (Å²) >= 11 is 12.4. The van der Waals surface area contributed by atoms with Gasteiger partial charge < -0.3 is 10.6 Å². The molecule has 0 aliphatic carbocycles. The van der Waals surface area contributed by atoms with Crippen LogP contribution in [0.15, 0.2) is 88.1 Å². The second kappa shape index (κ2) is 9.42. The third-order valence-electron chi connectivity index (χ3n) is 4.10. The van der Waals surface area contributed by atoms with Crippen molar-refractivity contribution in [1.82, 2.24) is 15.0 Å². The zero-order chi connectivity index (χ0) is 20.9. The van der Waals surface area contributed by atoms with E-state index in [-0.39, 0.29) is 0 Å². The average molecular weight is 541 g/mol. The second-order valence-electron chi connectivity index (χ2n) is 6.31. The summed E-state index contributed by atoms with van der Waals surface area (Å²) in [5, 5.41) is 6.64. The number of aromatic nitrogens is 3. The van der Waals surface area contributed by atoms with E-state index in [0.717, 1.165) is 37.1 Å². The number of pyridine rings is 1. The molecule has 0 unspecified atom stereocenters. The molecule has 2 heterocycles. The van der Waals surface area contributed by atoms with E-state index in [1.165, 1.54) is 0 Å². The quantitative estimate of drug-likeness (QED) is 0.286. The highest BCUT2D eigenvalue weighted by Gasteiger charge is 2.11. The average Bonchev–Trinajstić information content (AvgIpc) is 2.74. The number of benzene rings is 2. The fraction of sp³-hybridized carbons (Fsp3) is 0. The van der Waals surface area contributed by atoms with Crippen LogP contribution in [0.3, 0.4) is 0 Å². The number of thiocarbonyl (C=S) groups is 1. The summed E-state index contributed by atoms with van der Waals surface area (Å²) in [7, 11) is 0. The van der Waals surface area contributed by atoms with Gasteiger partial charge in [-0.25, -0.2) is 9.97 Å². The van der Waals surface area contributed by atoms with Crippen LogP contribution in [-0.2, 0) is 0 Å². The predicted octanol–water partition coefficient (Wildman–Crippen LogP) is 6.54. The molecule has 4 aromatic rings. The number of hydrogen-bond acceptors (Lipinski definition) is 4. The standard InChI is InChI=1S/C22H15Br2N5S/c23-16-7-4-8-18(10-16)26-22(30)29-21-27-19(14-5-2-1-3-6-14)11-20(28-21)15-9-17(24)13-25-12-15/h1-13H,(H2,26,27,28,29,30). The lowest BCUT2D eigenvalue weighted by molar-refractivity contribution is 1.17. The van der Waals surface area contributed by atoms with Gasteiger partial charge in [0.1, 0.15) is 0 Å². The van der Waals surface area contributed by atoms with Crippen molar-refractivity contribution in [2.45, 2.75) is 0 Å². The highest BCUT2D eigenvalue weighted by Crippen LogP contribution is 2.26. The minimum atomic E-state index is 0.400. The Bertz CT molecular complexity index is 1200. The Morgan fingerprint density at radius 3 is 2.23 bits per heavy atom. The number of rotatable bonds is 4. The highest BCUT2D eigenvalue weighted by atomic mass is 79.9. The first kappa shape index (κ1) is 20.6. The smallest absolute Gasteiger partial charge is 0.230 e. The summed E-state index contributed by atoms with van der Waals surface area (Å²) in [5.41, 5.74) is 4.24. The van der Waals surface area contributed by atoms with Crippen LogP contribution in [0.4, 0.5) is 11.6 Å². The Kier molecular flexibility index (Phi) is 6.47. The van der Waals surface area contributed by atoms with Gasteiger partial charge >= 0.3 is 0 Å². The van der Waals surface area contributed by atoms with Crippen molar-refractivity contribution in [2.75, 3.05) is 10.6 Å². The first-order valence-electron chi connectivity index (χ1n) is 8.96. The molecule has 0 fully saturated rings. The molecule has 0 spiro atoms. The van der Waals surface area contributed by atoms with Gasteiger partial charge in [0.2, 0.25) is 5.95 Å². The molecule has 8 heteroatoms. The molecular weight excluding hydrogens is 526 g/mol. The Balaban J connectivity index is 1.67. The van der Waals surface area contributed by atoms with Gasteiger partial charge in [0.05, 0.1) is 11.4 Å². The Hall–Kier alpha value is -2.68. The van der Waals surface area contributed by atoms with E-state index < -0.39 is 0 Å². The maximum atomic E-state index is 5.46. The summed E-state index contributed by atoms with van der Waals surface area (Å²) < 4.78 is 1.84. The molecule has 0 aliphatic heterocycles. The van der Waals surface area contributed by atoms with Crippen molar-refractivity contribution in [1.29, 1.82) is 0 Å². The predicted molar refractivity (Wildman–Crippen MR) is 132 cm³/mol. The first-order valence-corrected chi connectivity index (χ1v) is 11.0. The number of hydrogen-bond donors (Lipinski definition) is 2. The van der Waals surface area contributed by atoms with Crippen molar-refractivity contribution in [3.05, 3.63) is 88.1 Å². The molecule has 0 saturated carbocycles. The van der Waals surface area contributed by atoms with Crippen LogP contribution >= 0.6 is 44.1 Å². The molecule has 0 atom stereocenters. The van der Waals surface area contributed by atoms with Crippen molar-refractivity contribution in [3.8, 4) is 22.5 Å². The summed E-state index contributed by atoms with van der Waals surface area (Å²) in [6, 6.07) is 21.6. The van der Waals surface area contributed by atoms with Crippen molar-refractivity contribution in [3.63, 3.8) is 0 Å². The largest absolute Gasteiger partial charge is 0.332 e. The lowest BCUT2D eigenvalue weighted by Crippen LogP contribution is -2.20. The van der Waals surface area contributed by atoms with Crippen molar-refractivity contribution >= 4 is 60.8 Å². The Morgan fingerprint density at radius 1 is 0.733 bits per heavy atom. The topological polar surface area (TPSA) is 62.7 Å². The normalized spacial score (nSPS) is 10.5. The van der Waals surface area contributed by atoms with Gasteiger partial charge in [-0.15, -0.1) is 0 Å².